The van der Waals surface area contributed by atoms with E-state index in [0.717, 1.165) is 12.5 Å². The molecule has 4 heteroatoms. The molecule has 1 aliphatic carbocycles. The van der Waals surface area contributed by atoms with Gasteiger partial charge < -0.3 is 10.6 Å². The first-order valence-electron chi connectivity index (χ1n) is 4.66. The minimum absolute atomic E-state index is 0.545. The maximum absolute atomic E-state index is 5.59. The fraction of sp³-hybridized carbons (Fsp3) is 0.556. The summed E-state index contributed by atoms with van der Waals surface area (Å²) in [6.45, 7) is 3.07. The van der Waals surface area contributed by atoms with Crippen LogP contribution >= 0.6 is 0 Å². The molecule has 0 amide bonds. The van der Waals surface area contributed by atoms with Crippen molar-refractivity contribution in [2.24, 2.45) is 0 Å². The first-order valence-corrected chi connectivity index (χ1v) is 4.66. The van der Waals surface area contributed by atoms with Crippen molar-refractivity contribution in [1.82, 2.24) is 9.97 Å². The summed E-state index contributed by atoms with van der Waals surface area (Å²) < 4.78 is 0. The zero-order valence-electron chi connectivity index (χ0n) is 7.77. The number of nitrogens with zero attached hydrogens (tertiary/aromatic N) is 3. The van der Waals surface area contributed by atoms with E-state index in [9.17, 15) is 0 Å². The van der Waals surface area contributed by atoms with E-state index in [0.29, 0.717) is 11.9 Å². The Kier molecular flexibility index (Phi) is 2.04. The molecule has 0 bridgehead atoms. The van der Waals surface area contributed by atoms with Crippen LogP contribution in [0.4, 0.5) is 11.8 Å². The van der Waals surface area contributed by atoms with Crippen molar-refractivity contribution in [3.8, 4) is 0 Å². The topological polar surface area (TPSA) is 55.0 Å². The van der Waals surface area contributed by atoms with Gasteiger partial charge in [-0.2, -0.15) is 4.98 Å². The van der Waals surface area contributed by atoms with E-state index in [1.165, 1.54) is 12.8 Å². The lowest BCUT2D eigenvalue weighted by Crippen LogP contribution is -2.27. The number of rotatable bonds is 3. The molecule has 1 aromatic rings. The van der Waals surface area contributed by atoms with Crippen LogP contribution in [0, 0.1) is 0 Å². The molecule has 1 fully saturated rings. The third kappa shape index (κ3) is 1.71. The zero-order chi connectivity index (χ0) is 9.26. The minimum atomic E-state index is 0.545. The quantitative estimate of drug-likeness (QED) is 0.751. The molecule has 2 N–H and O–H groups in total. The lowest BCUT2D eigenvalue weighted by Gasteiger charge is -2.19. The summed E-state index contributed by atoms with van der Waals surface area (Å²) in [5.41, 5.74) is 5.59. The largest absolute Gasteiger partial charge is 0.384 e. The number of nitrogens with two attached hydrogens (primary N) is 1. The molecular formula is C9H14N4. The maximum Gasteiger partial charge on any atom is 0.227 e. The van der Waals surface area contributed by atoms with E-state index in [2.05, 4.69) is 21.8 Å². The van der Waals surface area contributed by atoms with Crippen molar-refractivity contribution in [1.29, 1.82) is 0 Å². The molecular weight excluding hydrogens is 164 g/mol. The lowest BCUT2D eigenvalue weighted by atomic mass is 10.5. The Labute approximate surface area is 77.8 Å². The first-order chi connectivity index (χ1) is 6.31. The van der Waals surface area contributed by atoms with Crippen molar-refractivity contribution in [2.75, 3.05) is 17.2 Å². The van der Waals surface area contributed by atoms with Crippen LogP contribution in [0.15, 0.2) is 12.3 Å². The van der Waals surface area contributed by atoms with Crippen molar-refractivity contribution in [3.05, 3.63) is 12.3 Å². The minimum Gasteiger partial charge on any atom is -0.384 e. The van der Waals surface area contributed by atoms with Crippen LogP contribution in [0.25, 0.3) is 0 Å². The summed E-state index contributed by atoms with van der Waals surface area (Å²) >= 11 is 0. The molecule has 0 spiro atoms. The van der Waals surface area contributed by atoms with Gasteiger partial charge >= 0.3 is 0 Å². The Balaban J connectivity index is 2.21. The predicted octanol–water partition coefficient (Wildman–Crippen LogP) is 1.05. The highest BCUT2D eigenvalue weighted by Gasteiger charge is 2.29. The number of hydrogen-bond donors (Lipinski definition) is 1. The molecule has 1 heterocycles. The summed E-state index contributed by atoms with van der Waals surface area (Å²) in [5, 5.41) is 0. The molecule has 0 atom stereocenters. The third-order valence-electron chi connectivity index (χ3n) is 2.25. The van der Waals surface area contributed by atoms with Gasteiger partial charge in [0.05, 0.1) is 0 Å². The van der Waals surface area contributed by atoms with Crippen LogP contribution in [0.5, 0.6) is 0 Å². The van der Waals surface area contributed by atoms with Gasteiger partial charge in [0, 0.05) is 18.8 Å². The number of hydrogen-bond acceptors (Lipinski definition) is 4. The second kappa shape index (κ2) is 3.20. The fourth-order valence-corrected chi connectivity index (χ4v) is 1.45. The van der Waals surface area contributed by atoms with Crippen LogP contribution in [-0.2, 0) is 0 Å². The average molecular weight is 178 g/mol. The summed E-state index contributed by atoms with van der Waals surface area (Å²) in [6.07, 6.45) is 4.22. The lowest BCUT2D eigenvalue weighted by molar-refractivity contribution is 0.788. The van der Waals surface area contributed by atoms with E-state index in [-0.39, 0.29) is 0 Å². The highest BCUT2D eigenvalue weighted by molar-refractivity contribution is 5.39. The van der Waals surface area contributed by atoms with E-state index in [1.807, 2.05) is 0 Å². The average Bonchev–Trinajstić information content (AvgIpc) is 2.90. The highest BCUT2D eigenvalue weighted by Crippen LogP contribution is 2.29. The molecule has 0 aromatic carbocycles. The van der Waals surface area contributed by atoms with E-state index in [4.69, 9.17) is 5.73 Å². The summed E-state index contributed by atoms with van der Waals surface area (Å²) in [5.74, 6) is 1.31. The maximum atomic E-state index is 5.59. The standard InChI is InChI=1S/C9H14N4/c1-2-13(7-3-4-7)9-11-6-5-8(10)12-9/h5-7H,2-4H2,1H3,(H2,10,11,12). The van der Waals surface area contributed by atoms with Gasteiger partial charge in [-0.05, 0) is 25.8 Å². The summed E-state index contributed by atoms with van der Waals surface area (Å²) in [6, 6.07) is 2.36. The SMILES string of the molecule is CCN(c1nccc(N)n1)C1CC1. The van der Waals surface area contributed by atoms with Crippen molar-refractivity contribution in [2.45, 2.75) is 25.8 Å². The highest BCUT2D eigenvalue weighted by atomic mass is 15.3. The molecule has 1 aliphatic rings. The third-order valence-corrected chi connectivity index (χ3v) is 2.25. The molecule has 1 aromatic heterocycles. The Morgan fingerprint density at radius 1 is 1.62 bits per heavy atom. The summed E-state index contributed by atoms with van der Waals surface area (Å²) in [7, 11) is 0. The van der Waals surface area contributed by atoms with Crippen LogP contribution in [0.3, 0.4) is 0 Å². The van der Waals surface area contributed by atoms with Crippen molar-refractivity contribution < 1.29 is 0 Å². The Morgan fingerprint density at radius 2 is 2.38 bits per heavy atom. The number of aromatic nitrogens is 2. The van der Waals surface area contributed by atoms with Crippen LogP contribution < -0.4 is 10.6 Å². The van der Waals surface area contributed by atoms with Gasteiger partial charge in [-0.25, -0.2) is 4.98 Å². The normalized spacial score (nSPS) is 15.8. The molecule has 4 nitrogen and oxygen atoms in total. The summed E-state index contributed by atoms with van der Waals surface area (Å²) in [4.78, 5) is 10.6. The van der Waals surface area contributed by atoms with E-state index >= 15 is 0 Å². The van der Waals surface area contributed by atoms with Gasteiger partial charge in [0.15, 0.2) is 0 Å². The predicted molar refractivity (Wildman–Crippen MR) is 52.5 cm³/mol. The van der Waals surface area contributed by atoms with Gasteiger partial charge in [-0.1, -0.05) is 0 Å². The van der Waals surface area contributed by atoms with E-state index < -0.39 is 0 Å². The van der Waals surface area contributed by atoms with Crippen LogP contribution in [0.1, 0.15) is 19.8 Å². The second-order valence-electron chi connectivity index (χ2n) is 3.30. The van der Waals surface area contributed by atoms with Gasteiger partial charge in [-0.3, -0.25) is 0 Å². The Bertz CT molecular complexity index is 295. The van der Waals surface area contributed by atoms with Crippen molar-refractivity contribution >= 4 is 11.8 Å². The molecule has 1 saturated carbocycles. The van der Waals surface area contributed by atoms with Crippen molar-refractivity contribution in [3.63, 3.8) is 0 Å². The van der Waals surface area contributed by atoms with Gasteiger partial charge in [0.1, 0.15) is 5.82 Å². The van der Waals surface area contributed by atoms with Gasteiger partial charge in [-0.15, -0.1) is 0 Å². The second-order valence-corrected chi connectivity index (χ2v) is 3.30. The Hall–Kier alpha value is -1.32. The monoisotopic (exact) mass is 178 g/mol. The molecule has 13 heavy (non-hydrogen) atoms. The van der Waals surface area contributed by atoms with Gasteiger partial charge in [0.25, 0.3) is 0 Å². The number of anilines is 2. The molecule has 2 rings (SSSR count). The fourth-order valence-electron chi connectivity index (χ4n) is 1.45. The smallest absolute Gasteiger partial charge is 0.227 e. The number of nitrogen functional groups attached to an aromatic ring is 1. The van der Waals surface area contributed by atoms with Gasteiger partial charge in [0.2, 0.25) is 5.95 Å². The Morgan fingerprint density at radius 3 is 2.92 bits per heavy atom. The first kappa shape index (κ1) is 8.29. The molecule has 0 aliphatic heterocycles. The van der Waals surface area contributed by atoms with Crippen LogP contribution in [-0.4, -0.2) is 22.6 Å². The molecule has 0 radical (unpaired) electrons. The van der Waals surface area contributed by atoms with E-state index in [1.54, 1.807) is 12.3 Å². The molecule has 70 valence electrons. The van der Waals surface area contributed by atoms with Crippen LogP contribution in [0.2, 0.25) is 0 Å². The zero-order valence-corrected chi connectivity index (χ0v) is 7.77. The molecule has 0 saturated heterocycles. The molecule has 0 unspecified atom stereocenters.